The molecule has 294 valence electrons. The van der Waals surface area contributed by atoms with E-state index in [9.17, 15) is 2.74 Å². The normalized spacial score (nSPS) is 12.9. The van der Waals surface area contributed by atoms with Crippen LogP contribution >= 0.6 is 11.3 Å². The molecule has 0 aliphatic rings. The van der Waals surface area contributed by atoms with E-state index in [4.69, 9.17) is 19.1 Å². The molecule has 0 atom stereocenters. The van der Waals surface area contributed by atoms with Gasteiger partial charge < -0.3 is 4.57 Å². The highest BCUT2D eigenvalue weighted by Gasteiger charge is 2.24. The van der Waals surface area contributed by atoms with Crippen LogP contribution in [0, 0.1) is 0 Å². The molecule has 0 fully saturated rings. The number of hydrogen-bond donors (Lipinski definition) is 0. The largest absolute Gasteiger partial charge is 0.309 e. The van der Waals surface area contributed by atoms with Crippen molar-refractivity contribution in [3.8, 4) is 56.7 Å². The topological polar surface area (TPSA) is 48.5 Å². The summed E-state index contributed by atoms with van der Waals surface area (Å²) in [5.74, 6) is 0.505. The fraction of sp³-hybridized carbons (Fsp3) is 0. The lowest BCUT2D eigenvalue weighted by molar-refractivity contribution is 0.954. The molecular formula is C57H35N5S. The molecule has 0 radical (unpaired) electrons. The monoisotopic (exact) mass is 826 g/mol. The second-order valence-corrected chi connectivity index (χ2v) is 16.6. The number of fused-ring (bicyclic) bond motifs is 9. The van der Waals surface area contributed by atoms with E-state index in [1.165, 1.54) is 0 Å². The second-order valence-electron chi connectivity index (χ2n) is 15.6. The standard InChI is InChI=1S/C57H35N5S/c1-4-18-36(19-5-1)40-27-17-33-51-52(40)45-26-12-15-32-50(45)62(51)57-59-55(38-22-8-3-9-23-38)58-56(60-57)47-35-39(61-48-30-13-10-24-42(48)43-25-11-14-31-49(43)61)34-46-44-29-16-28-41(53(44)63-54(46)47)37-20-6-2-7-21-37/h1-35H/i3D,8D,9D,22D,23D. The van der Waals surface area contributed by atoms with Gasteiger partial charge in [-0.05, 0) is 58.7 Å². The summed E-state index contributed by atoms with van der Waals surface area (Å²) in [4.78, 5) is 15.7. The van der Waals surface area contributed by atoms with Gasteiger partial charge in [-0.3, -0.25) is 4.57 Å². The molecule has 4 aromatic heterocycles. The lowest BCUT2D eigenvalue weighted by Gasteiger charge is -2.14. The highest BCUT2D eigenvalue weighted by Crippen LogP contribution is 2.46. The number of hydrogen-bond acceptors (Lipinski definition) is 4. The quantitative estimate of drug-likeness (QED) is 0.168. The molecule has 0 bridgehead atoms. The Bertz CT molecular complexity index is 4140. The molecule has 0 N–H and O–H groups in total. The van der Waals surface area contributed by atoms with Crippen molar-refractivity contribution in [2.75, 3.05) is 0 Å². The summed E-state index contributed by atoms with van der Waals surface area (Å²) in [7, 11) is 0. The molecule has 0 saturated carbocycles. The average molecular weight is 827 g/mol. The van der Waals surface area contributed by atoms with E-state index in [-0.39, 0.29) is 17.3 Å². The lowest BCUT2D eigenvalue weighted by atomic mass is 9.99. The Morgan fingerprint density at radius 3 is 1.63 bits per heavy atom. The zero-order chi connectivity index (χ0) is 45.8. The molecule has 5 nitrogen and oxygen atoms in total. The summed E-state index contributed by atoms with van der Waals surface area (Å²) in [6, 6.07) is 60.4. The molecule has 0 aliphatic heterocycles. The minimum Gasteiger partial charge on any atom is -0.309 e. The van der Waals surface area contributed by atoms with Crippen LogP contribution in [0.5, 0.6) is 0 Å². The van der Waals surface area contributed by atoms with Crippen molar-refractivity contribution in [1.29, 1.82) is 0 Å². The molecule has 0 amide bonds. The first-order valence-electron chi connectivity index (χ1n) is 23.3. The Morgan fingerprint density at radius 2 is 0.921 bits per heavy atom. The molecule has 13 aromatic rings. The number of benzene rings is 9. The van der Waals surface area contributed by atoms with Crippen molar-refractivity contribution in [3.63, 3.8) is 0 Å². The van der Waals surface area contributed by atoms with Crippen LogP contribution in [0.15, 0.2) is 212 Å². The van der Waals surface area contributed by atoms with E-state index in [0.29, 0.717) is 11.4 Å². The first kappa shape index (κ1) is 30.8. The number of rotatable bonds is 6. The highest BCUT2D eigenvalue weighted by molar-refractivity contribution is 7.26. The van der Waals surface area contributed by atoms with Gasteiger partial charge in [0.15, 0.2) is 11.6 Å². The van der Waals surface area contributed by atoms with Crippen LogP contribution in [0.25, 0.3) is 120 Å². The molecule has 6 heteroatoms. The molecule has 63 heavy (non-hydrogen) atoms. The third kappa shape index (κ3) is 5.59. The van der Waals surface area contributed by atoms with Gasteiger partial charge in [-0.25, -0.2) is 4.98 Å². The van der Waals surface area contributed by atoms with Crippen LogP contribution in [0.2, 0.25) is 0 Å². The summed E-state index contributed by atoms with van der Waals surface area (Å²) in [5.41, 5.74) is 9.56. The van der Waals surface area contributed by atoms with Gasteiger partial charge >= 0.3 is 0 Å². The number of thiophene rings is 1. The summed E-state index contributed by atoms with van der Waals surface area (Å²) < 4.78 is 50.7. The minimum atomic E-state index is -0.492. The van der Waals surface area contributed by atoms with E-state index >= 15 is 0 Å². The van der Waals surface area contributed by atoms with E-state index in [1.54, 1.807) is 11.3 Å². The molecular weight excluding hydrogens is 787 g/mol. The molecule has 13 rings (SSSR count). The molecule has 0 unspecified atom stereocenters. The maximum atomic E-state index is 9.19. The summed E-state index contributed by atoms with van der Waals surface area (Å²) in [5, 5.41) is 6.33. The third-order valence-corrected chi connectivity index (χ3v) is 13.4. The maximum absolute atomic E-state index is 9.19. The molecule has 0 spiro atoms. The predicted molar refractivity (Wildman–Crippen MR) is 263 cm³/mol. The zero-order valence-electron chi connectivity index (χ0n) is 38.5. The Balaban J connectivity index is 1.18. The molecule has 9 aromatic carbocycles. The smallest absolute Gasteiger partial charge is 0.238 e. The van der Waals surface area contributed by atoms with Gasteiger partial charge in [-0.1, -0.05) is 176 Å². The Hall–Kier alpha value is -8.19. The van der Waals surface area contributed by atoms with Gasteiger partial charge in [0.1, 0.15) is 0 Å². The molecule has 0 aliphatic carbocycles. The zero-order valence-corrected chi connectivity index (χ0v) is 34.3. The van der Waals surface area contributed by atoms with Crippen LogP contribution in [0.1, 0.15) is 6.85 Å². The van der Waals surface area contributed by atoms with Crippen molar-refractivity contribution in [1.82, 2.24) is 24.1 Å². The summed E-state index contributed by atoms with van der Waals surface area (Å²) >= 11 is 1.67. The molecule has 4 heterocycles. The lowest BCUT2D eigenvalue weighted by Crippen LogP contribution is -2.06. The van der Waals surface area contributed by atoms with E-state index < -0.39 is 30.2 Å². The fourth-order valence-electron chi connectivity index (χ4n) is 9.38. The van der Waals surface area contributed by atoms with Crippen LogP contribution in [-0.2, 0) is 0 Å². The third-order valence-electron chi connectivity index (χ3n) is 12.1. The van der Waals surface area contributed by atoms with E-state index in [1.807, 2.05) is 59.2 Å². The Morgan fingerprint density at radius 1 is 0.381 bits per heavy atom. The van der Waals surface area contributed by atoms with Gasteiger partial charge in [-0.2, -0.15) is 9.97 Å². The average Bonchev–Trinajstić information content (AvgIpc) is 4.06. The van der Waals surface area contributed by atoms with Gasteiger partial charge in [0.05, 0.1) is 28.9 Å². The Labute approximate surface area is 373 Å². The van der Waals surface area contributed by atoms with Gasteiger partial charge in [0, 0.05) is 58.5 Å². The van der Waals surface area contributed by atoms with Gasteiger partial charge in [-0.15, -0.1) is 11.3 Å². The first-order valence-corrected chi connectivity index (χ1v) is 21.6. The van der Waals surface area contributed by atoms with Crippen molar-refractivity contribution < 1.29 is 6.85 Å². The van der Waals surface area contributed by atoms with Crippen LogP contribution < -0.4 is 0 Å². The number of aromatic nitrogens is 5. The predicted octanol–water partition coefficient (Wildman–Crippen LogP) is 15.1. The number of nitrogens with zero attached hydrogens (tertiary/aromatic N) is 5. The van der Waals surface area contributed by atoms with Crippen molar-refractivity contribution in [2.45, 2.75) is 0 Å². The summed E-state index contributed by atoms with van der Waals surface area (Å²) in [6.45, 7) is 0. The van der Waals surface area contributed by atoms with Gasteiger partial charge in [0.2, 0.25) is 5.95 Å². The van der Waals surface area contributed by atoms with E-state index in [2.05, 4.69) is 132 Å². The van der Waals surface area contributed by atoms with E-state index in [0.717, 1.165) is 91.7 Å². The minimum absolute atomic E-state index is 0.0337. The first-order chi connectivity index (χ1) is 33.3. The van der Waals surface area contributed by atoms with Crippen molar-refractivity contribution in [3.05, 3.63) is 212 Å². The Kier molecular flexibility index (Phi) is 6.94. The fourth-order valence-corrected chi connectivity index (χ4v) is 10.7. The van der Waals surface area contributed by atoms with Gasteiger partial charge in [0.25, 0.3) is 0 Å². The second kappa shape index (κ2) is 14.2. The van der Waals surface area contributed by atoms with Crippen LogP contribution in [0.4, 0.5) is 0 Å². The van der Waals surface area contributed by atoms with Crippen LogP contribution in [-0.4, -0.2) is 24.1 Å². The van der Waals surface area contributed by atoms with Crippen LogP contribution in [0.3, 0.4) is 0 Å². The van der Waals surface area contributed by atoms with Crippen molar-refractivity contribution >= 4 is 75.1 Å². The SMILES string of the molecule is [2H]c1c([2H])c([2H])c(-c2nc(-c3cc(-n4c5ccccc5c5ccccc54)cc4c3sc3c(-c5ccccc5)cccc34)nc(-n3c4ccccc4c4c(-c5ccccc5)cccc43)n2)c([2H])c1[2H]. The summed E-state index contributed by atoms with van der Waals surface area (Å²) in [6.07, 6.45) is 0. The maximum Gasteiger partial charge on any atom is 0.238 e. The molecule has 0 saturated heterocycles. The number of para-hydroxylation sites is 3. The van der Waals surface area contributed by atoms with Crippen molar-refractivity contribution in [2.24, 2.45) is 0 Å². The highest BCUT2D eigenvalue weighted by atomic mass is 32.1.